The van der Waals surface area contributed by atoms with Crippen LogP contribution in [0.2, 0.25) is 0 Å². The van der Waals surface area contributed by atoms with Gasteiger partial charge in [-0.2, -0.15) is 0 Å². The Balaban J connectivity index is 0.931. The summed E-state index contributed by atoms with van der Waals surface area (Å²) in [5, 5.41) is 0. The molecular weight excluding hydrogens is 801 g/mol. The van der Waals surface area contributed by atoms with Crippen LogP contribution < -0.4 is 0 Å². The Morgan fingerprint density at radius 1 is 0.719 bits per heavy atom. The van der Waals surface area contributed by atoms with Crippen molar-refractivity contribution in [1.29, 1.82) is 0 Å². The van der Waals surface area contributed by atoms with Crippen molar-refractivity contribution in [3.8, 4) is 0 Å². The maximum absolute atomic E-state index is 13.9. The molecule has 0 aromatic carbocycles. The van der Waals surface area contributed by atoms with E-state index >= 15 is 0 Å². The molecule has 0 N–H and O–H groups in total. The predicted octanol–water partition coefficient (Wildman–Crippen LogP) is 15.4. The molecule has 4 aliphatic carbocycles. The van der Waals surface area contributed by atoms with Gasteiger partial charge in [-0.25, -0.2) is 8.78 Å². The highest BCUT2D eigenvalue weighted by Gasteiger charge is 2.59. The number of hydrogen-bond donors (Lipinski definition) is 0. The SMILES string of the molecule is CCCCC/C=C\C/C=C\CCCCCCCCOCC(CN1CCC(F)(F)CC1)OCCOCCO[C@H]1CC[C@@]2(C)C(=CCC3C2CC[C@@]2(C)C3CC[C@@H]2[C@H](C)CCCC(C)C)C1. The van der Waals surface area contributed by atoms with Gasteiger partial charge in [0.25, 0.3) is 5.92 Å². The highest BCUT2D eigenvalue weighted by atomic mass is 19.3. The molecule has 1 saturated heterocycles. The molecule has 4 unspecified atom stereocenters. The van der Waals surface area contributed by atoms with E-state index in [2.05, 4.69) is 76.8 Å². The number of likely N-dealkylation sites (tertiary alicyclic amines) is 1. The molecule has 0 bridgehead atoms. The number of allylic oxidation sites excluding steroid dienone is 5. The van der Waals surface area contributed by atoms with Gasteiger partial charge in [-0.05, 0) is 136 Å². The van der Waals surface area contributed by atoms with Crippen molar-refractivity contribution in [3.05, 3.63) is 36.0 Å². The topological polar surface area (TPSA) is 40.2 Å². The second-order valence-corrected chi connectivity index (χ2v) is 22.4. The van der Waals surface area contributed by atoms with Crippen LogP contribution in [0, 0.1) is 46.3 Å². The first kappa shape index (κ1) is 53.8. The normalized spacial score (nSPS) is 30.5. The van der Waals surface area contributed by atoms with E-state index in [1.54, 1.807) is 5.57 Å². The fourth-order valence-electron chi connectivity index (χ4n) is 13.4. The Hall–Kier alpha value is -1.12. The lowest BCUT2D eigenvalue weighted by Gasteiger charge is -2.58. The highest BCUT2D eigenvalue weighted by Crippen LogP contribution is 2.67. The summed E-state index contributed by atoms with van der Waals surface area (Å²) in [6.45, 7) is 19.7. The van der Waals surface area contributed by atoms with E-state index in [1.807, 2.05) is 0 Å². The Labute approximate surface area is 393 Å². The van der Waals surface area contributed by atoms with Crippen LogP contribution in [0.1, 0.15) is 202 Å². The van der Waals surface area contributed by atoms with Crippen molar-refractivity contribution in [1.82, 2.24) is 4.90 Å². The number of unbranched alkanes of at least 4 members (excludes halogenated alkanes) is 9. The zero-order valence-corrected chi connectivity index (χ0v) is 42.4. The number of rotatable bonds is 32. The minimum Gasteiger partial charge on any atom is -0.379 e. The molecule has 0 spiro atoms. The molecule has 0 amide bonds. The monoisotopic (exact) mass is 900 g/mol. The maximum Gasteiger partial charge on any atom is 0.250 e. The summed E-state index contributed by atoms with van der Waals surface area (Å²) in [5.41, 5.74) is 2.57. The van der Waals surface area contributed by atoms with Crippen molar-refractivity contribution in [2.75, 3.05) is 59.3 Å². The van der Waals surface area contributed by atoms with Crippen molar-refractivity contribution in [3.63, 3.8) is 0 Å². The molecule has 0 aromatic heterocycles. The quantitative estimate of drug-likeness (QED) is 0.0497. The van der Waals surface area contributed by atoms with Crippen LogP contribution in [0.4, 0.5) is 8.78 Å². The van der Waals surface area contributed by atoms with Gasteiger partial charge in [0.2, 0.25) is 0 Å². The van der Waals surface area contributed by atoms with Crippen molar-refractivity contribution in [2.24, 2.45) is 46.3 Å². The van der Waals surface area contributed by atoms with Gasteiger partial charge in [-0.15, -0.1) is 0 Å². The number of ether oxygens (including phenoxy) is 4. The smallest absolute Gasteiger partial charge is 0.250 e. The molecule has 1 aliphatic heterocycles. The van der Waals surface area contributed by atoms with E-state index in [-0.39, 0.29) is 25.0 Å². The molecule has 370 valence electrons. The first-order valence-corrected chi connectivity index (χ1v) is 27.4. The minimum absolute atomic E-state index is 0.0757. The largest absolute Gasteiger partial charge is 0.379 e. The number of piperidine rings is 1. The lowest BCUT2D eigenvalue weighted by molar-refractivity contribution is -0.0852. The second-order valence-electron chi connectivity index (χ2n) is 22.4. The average molecular weight is 900 g/mol. The number of halogens is 2. The van der Waals surface area contributed by atoms with Crippen LogP contribution in [0.5, 0.6) is 0 Å². The molecule has 1 heterocycles. The molecule has 4 fully saturated rings. The van der Waals surface area contributed by atoms with E-state index in [0.29, 0.717) is 63.5 Å². The molecule has 64 heavy (non-hydrogen) atoms. The van der Waals surface area contributed by atoms with Crippen LogP contribution >= 0.6 is 0 Å². The van der Waals surface area contributed by atoms with Gasteiger partial charge >= 0.3 is 0 Å². The van der Waals surface area contributed by atoms with E-state index in [0.717, 1.165) is 67.8 Å². The van der Waals surface area contributed by atoms with Gasteiger partial charge in [0.15, 0.2) is 0 Å². The van der Waals surface area contributed by atoms with Gasteiger partial charge < -0.3 is 23.8 Å². The molecule has 5 rings (SSSR count). The molecule has 5 aliphatic rings. The van der Waals surface area contributed by atoms with Crippen molar-refractivity contribution < 1.29 is 27.7 Å². The molecule has 9 atom stereocenters. The summed E-state index contributed by atoms with van der Waals surface area (Å²) < 4.78 is 52.6. The Kier molecular flexibility index (Phi) is 23.9. The Morgan fingerprint density at radius 3 is 2.19 bits per heavy atom. The lowest BCUT2D eigenvalue weighted by Crippen LogP contribution is -2.51. The second kappa shape index (κ2) is 28.4. The Morgan fingerprint density at radius 2 is 1.44 bits per heavy atom. The van der Waals surface area contributed by atoms with Gasteiger partial charge in [0, 0.05) is 39.1 Å². The lowest BCUT2D eigenvalue weighted by atomic mass is 9.47. The molecular formula is C57H99F2NO4. The Bertz CT molecular complexity index is 1360. The predicted molar refractivity (Wildman–Crippen MR) is 264 cm³/mol. The standard InChI is InChI=1S/C57H99F2NO4/c1-7-8-9-10-11-12-13-14-15-16-17-18-19-20-21-22-38-62-45-50(44-60-36-34-57(58,59)35-37-60)64-42-40-61-39-41-63-49-30-32-55(5)48(43-49)26-27-51-53-29-28-52(47(4)25-23-24-46(2)3)56(53,6)33-31-54(51)55/h11-12,14-15,26,46-47,49-54H,7-10,13,16-25,27-45H2,1-6H3/b12-11-,15-14-/t47-,49+,50?,51?,52-,53?,54?,55+,56-/m1/s1. The summed E-state index contributed by atoms with van der Waals surface area (Å²) in [5.74, 6) is 2.66. The van der Waals surface area contributed by atoms with Crippen LogP contribution in [0.15, 0.2) is 36.0 Å². The highest BCUT2D eigenvalue weighted by molar-refractivity contribution is 5.25. The third kappa shape index (κ3) is 17.1. The number of nitrogens with zero attached hydrogens (tertiary/aromatic N) is 1. The summed E-state index contributed by atoms with van der Waals surface area (Å²) >= 11 is 0. The van der Waals surface area contributed by atoms with Crippen LogP contribution in [0.3, 0.4) is 0 Å². The van der Waals surface area contributed by atoms with Gasteiger partial charge in [-0.3, -0.25) is 0 Å². The van der Waals surface area contributed by atoms with Gasteiger partial charge in [0.1, 0.15) is 0 Å². The molecule has 7 heteroatoms. The summed E-state index contributed by atoms with van der Waals surface area (Å²) in [7, 11) is 0. The zero-order valence-electron chi connectivity index (χ0n) is 42.4. The third-order valence-electron chi connectivity index (χ3n) is 17.3. The van der Waals surface area contributed by atoms with E-state index in [9.17, 15) is 8.78 Å². The molecule has 5 nitrogen and oxygen atoms in total. The van der Waals surface area contributed by atoms with E-state index in [1.165, 1.54) is 122 Å². The van der Waals surface area contributed by atoms with Gasteiger partial charge in [-0.1, -0.05) is 135 Å². The summed E-state index contributed by atoms with van der Waals surface area (Å²) in [6.07, 6.45) is 41.4. The number of hydrogen-bond acceptors (Lipinski definition) is 5. The zero-order chi connectivity index (χ0) is 45.7. The fourth-order valence-corrected chi connectivity index (χ4v) is 13.4. The first-order valence-electron chi connectivity index (χ1n) is 27.4. The fraction of sp³-hybridized carbons (Fsp3) is 0.895. The van der Waals surface area contributed by atoms with E-state index in [4.69, 9.17) is 18.9 Å². The molecule has 0 radical (unpaired) electrons. The third-order valence-corrected chi connectivity index (χ3v) is 17.3. The van der Waals surface area contributed by atoms with Crippen LogP contribution in [-0.4, -0.2) is 82.3 Å². The maximum atomic E-state index is 13.9. The average Bonchev–Trinajstić information content (AvgIpc) is 3.63. The van der Waals surface area contributed by atoms with E-state index < -0.39 is 5.92 Å². The number of alkyl halides is 2. The minimum atomic E-state index is -2.54. The molecule has 3 saturated carbocycles. The summed E-state index contributed by atoms with van der Waals surface area (Å²) in [6, 6.07) is 0. The van der Waals surface area contributed by atoms with Crippen LogP contribution in [0.25, 0.3) is 0 Å². The summed E-state index contributed by atoms with van der Waals surface area (Å²) in [4.78, 5) is 2.12. The van der Waals surface area contributed by atoms with Crippen molar-refractivity contribution >= 4 is 0 Å². The van der Waals surface area contributed by atoms with Crippen molar-refractivity contribution in [2.45, 2.75) is 220 Å². The van der Waals surface area contributed by atoms with Crippen LogP contribution in [-0.2, 0) is 18.9 Å². The molecule has 0 aromatic rings. The first-order chi connectivity index (χ1) is 30.9. The number of fused-ring (bicyclic) bond motifs is 5. The van der Waals surface area contributed by atoms with Gasteiger partial charge in [0.05, 0.1) is 45.2 Å².